The molecule has 4 nitrogen and oxygen atoms in total. The summed E-state index contributed by atoms with van der Waals surface area (Å²) >= 11 is 0. The largest absolute Gasteiger partial charge is 0.493 e. The van der Waals surface area contributed by atoms with Gasteiger partial charge in [-0.3, -0.25) is 4.79 Å². The van der Waals surface area contributed by atoms with Crippen molar-refractivity contribution in [3.63, 3.8) is 0 Å². The first-order valence-corrected chi connectivity index (χ1v) is 6.08. The van der Waals surface area contributed by atoms with Crippen molar-refractivity contribution in [1.82, 2.24) is 0 Å². The minimum atomic E-state index is -0.277. The normalized spacial score (nSPS) is 11.9. The summed E-state index contributed by atoms with van der Waals surface area (Å²) in [6.07, 6.45) is 1.57. The van der Waals surface area contributed by atoms with Crippen molar-refractivity contribution in [3.8, 4) is 5.75 Å². The highest BCUT2D eigenvalue weighted by Gasteiger charge is 2.02. The van der Waals surface area contributed by atoms with Gasteiger partial charge in [0.15, 0.2) is 0 Å². The Morgan fingerprint density at radius 3 is 2.56 bits per heavy atom. The van der Waals surface area contributed by atoms with Gasteiger partial charge >= 0.3 is 5.97 Å². The van der Waals surface area contributed by atoms with Gasteiger partial charge in [0.05, 0.1) is 26.2 Å². The topological polar surface area (TPSA) is 55.8 Å². The van der Waals surface area contributed by atoms with Crippen LogP contribution >= 0.6 is 0 Å². The molecular weight excluding hydrogens is 232 g/mol. The van der Waals surface area contributed by atoms with Gasteiger partial charge in [-0.15, -0.1) is 0 Å². The van der Waals surface area contributed by atoms with Crippen LogP contribution in [0.3, 0.4) is 0 Å². The second kappa shape index (κ2) is 7.71. The van der Waals surface area contributed by atoms with E-state index in [9.17, 15) is 9.90 Å². The third-order valence-corrected chi connectivity index (χ3v) is 2.58. The average molecular weight is 252 g/mol. The van der Waals surface area contributed by atoms with Crippen LogP contribution in [0, 0.1) is 0 Å². The Balaban J connectivity index is 2.33. The van der Waals surface area contributed by atoms with Crippen LogP contribution < -0.4 is 4.74 Å². The molecule has 0 saturated heterocycles. The molecule has 0 radical (unpaired) electrons. The van der Waals surface area contributed by atoms with E-state index in [2.05, 4.69) is 4.74 Å². The molecule has 0 amide bonds. The fraction of sp³-hybridized carbons (Fsp3) is 0.500. The Morgan fingerprint density at radius 1 is 1.33 bits per heavy atom. The highest BCUT2D eigenvalue weighted by molar-refractivity contribution is 5.69. The molecule has 1 aromatic rings. The predicted molar refractivity (Wildman–Crippen MR) is 68.6 cm³/mol. The van der Waals surface area contributed by atoms with E-state index in [1.165, 1.54) is 7.11 Å². The molecule has 1 N–H and O–H groups in total. The van der Waals surface area contributed by atoms with Gasteiger partial charge in [-0.05, 0) is 37.5 Å². The van der Waals surface area contributed by atoms with E-state index in [0.717, 1.165) is 24.2 Å². The van der Waals surface area contributed by atoms with E-state index < -0.39 is 0 Å². The standard InChI is InChI=1S/C14H20O4/c1-11(15)3-4-12-5-7-13(8-6-12)18-10-9-14(16)17-2/h5-8,11,15H,3-4,9-10H2,1-2H3. The van der Waals surface area contributed by atoms with Crippen LogP contribution in [0.25, 0.3) is 0 Å². The number of aliphatic hydroxyl groups excluding tert-OH is 1. The van der Waals surface area contributed by atoms with E-state index in [-0.39, 0.29) is 18.5 Å². The Bertz CT molecular complexity index is 357. The minimum absolute atomic E-state index is 0.250. The summed E-state index contributed by atoms with van der Waals surface area (Å²) in [6.45, 7) is 2.10. The van der Waals surface area contributed by atoms with Crippen molar-refractivity contribution in [1.29, 1.82) is 0 Å². The molecule has 18 heavy (non-hydrogen) atoms. The fourth-order valence-corrected chi connectivity index (χ4v) is 1.48. The second-order valence-corrected chi connectivity index (χ2v) is 4.21. The maximum Gasteiger partial charge on any atom is 0.308 e. The van der Waals surface area contributed by atoms with E-state index in [0.29, 0.717) is 6.61 Å². The number of hydrogen-bond acceptors (Lipinski definition) is 4. The van der Waals surface area contributed by atoms with E-state index in [1.54, 1.807) is 6.92 Å². The lowest BCUT2D eigenvalue weighted by molar-refractivity contribution is -0.141. The van der Waals surface area contributed by atoms with Crippen molar-refractivity contribution < 1.29 is 19.4 Å². The molecule has 1 atom stereocenters. The van der Waals surface area contributed by atoms with Crippen LogP contribution in [0.2, 0.25) is 0 Å². The zero-order chi connectivity index (χ0) is 13.4. The van der Waals surface area contributed by atoms with Crippen LogP contribution in [-0.4, -0.2) is 30.9 Å². The number of aryl methyl sites for hydroxylation is 1. The highest BCUT2D eigenvalue weighted by atomic mass is 16.5. The lowest BCUT2D eigenvalue weighted by Crippen LogP contribution is -2.07. The molecule has 0 aromatic heterocycles. The van der Waals surface area contributed by atoms with Gasteiger partial charge in [0.2, 0.25) is 0 Å². The average Bonchev–Trinajstić information content (AvgIpc) is 2.37. The van der Waals surface area contributed by atoms with E-state index in [1.807, 2.05) is 24.3 Å². The second-order valence-electron chi connectivity index (χ2n) is 4.21. The highest BCUT2D eigenvalue weighted by Crippen LogP contribution is 2.14. The van der Waals surface area contributed by atoms with Crippen molar-refractivity contribution >= 4 is 5.97 Å². The third-order valence-electron chi connectivity index (χ3n) is 2.58. The van der Waals surface area contributed by atoms with Crippen LogP contribution in [0.4, 0.5) is 0 Å². The summed E-state index contributed by atoms with van der Waals surface area (Å²) in [6, 6.07) is 7.68. The number of carbonyl (C=O) groups is 1. The molecule has 0 aliphatic carbocycles. The number of esters is 1. The molecule has 0 spiro atoms. The van der Waals surface area contributed by atoms with E-state index >= 15 is 0 Å². The predicted octanol–water partition coefficient (Wildman–Crippen LogP) is 1.94. The minimum Gasteiger partial charge on any atom is -0.493 e. The number of rotatable bonds is 7. The quantitative estimate of drug-likeness (QED) is 0.753. The van der Waals surface area contributed by atoms with Gasteiger partial charge in [-0.2, -0.15) is 0 Å². The molecule has 0 heterocycles. The SMILES string of the molecule is COC(=O)CCOc1ccc(CCC(C)O)cc1. The summed E-state index contributed by atoms with van der Waals surface area (Å²) in [7, 11) is 1.36. The first-order valence-electron chi connectivity index (χ1n) is 6.08. The summed E-state index contributed by atoms with van der Waals surface area (Å²) in [5.41, 5.74) is 1.16. The fourth-order valence-electron chi connectivity index (χ4n) is 1.48. The van der Waals surface area contributed by atoms with Crippen molar-refractivity contribution in [2.75, 3.05) is 13.7 Å². The summed E-state index contributed by atoms with van der Waals surface area (Å²) in [5, 5.41) is 9.19. The van der Waals surface area contributed by atoms with Crippen LogP contribution in [-0.2, 0) is 16.0 Å². The van der Waals surface area contributed by atoms with E-state index in [4.69, 9.17) is 4.74 Å². The number of ether oxygens (including phenoxy) is 2. The van der Waals surface area contributed by atoms with Crippen molar-refractivity contribution in [2.24, 2.45) is 0 Å². The number of aliphatic hydroxyl groups is 1. The zero-order valence-corrected chi connectivity index (χ0v) is 10.9. The Hall–Kier alpha value is -1.55. The van der Waals surface area contributed by atoms with Gasteiger partial charge in [0.1, 0.15) is 5.75 Å². The molecular formula is C14H20O4. The molecule has 100 valence electrons. The molecule has 4 heteroatoms. The molecule has 1 aromatic carbocycles. The Labute approximate surface area is 108 Å². The summed E-state index contributed by atoms with van der Waals surface area (Å²) < 4.78 is 9.93. The lowest BCUT2D eigenvalue weighted by atomic mass is 10.1. The number of hydrogen-bond donors (Lipinski definition) is 1. The molecule has 0 aliphatic rings. The third kappa shape index (κ3) is 5.68. The monoisotopic (exact) mass is 252 g/mol. The maximum atomic E-state index is 10.9. The molecule has 0 fully saturated rings. The maximum absolute atomic E-state index is 10.9. The zero-order valence-electron chi connectivity index (χ0n) is 10.9. The molecule has 0 saturated carbocycles. The molecule has 1 rings (SSSR count). The molecule has 0 aliphatic heterocycles. The molecule has 1 unspecified atom stereocenters. The lowest BCUT2D eigenvalue weighted by Gasteiger charge is -2.07. The van der Waals surface area contributed by atoms with Crippen LogP contribution in [0.1, 0.15) is 25.3 Å². The summed E-state index contributed by atoms with van der Waals surface area (Å²) in [4.78, 5) is 10.9. The molecule has 0 bridgehead atoms. The first-order chi connectivity index (χ1) is 8.61. The van der Waals surface area contributed by atoms with Gasteiger partial charge in [0.25, 0.3) is 0 Å². The van der Waals surface area contributed by atoms with Gasteiger partial charge < -0.3 is 14.6 Å². The van der Waals surface area contributed by atoms with Crippen molar-refractivity contribution in [3.05, 3.63) is 29.8 Å². The smallest absolute Gasteiger partial charge is 0.308 e. The number of methoxy groups -OCH3 is 1. The Kier molecular flexibility index (Phi) is 6.22. The van der Waals surface area contributed by atoms with Crippen LogP contribution in [0.5, 0.6) is 5.75 Å². The van der Waals surface area contributed by atoms with Crippen molar-refractivity contribution in [2.45, 2.75) is 32.3 Å². The van der Waals surface area contributed by atoms with Gasteiger partial charge in [0, 0.05) is 0 Å². The summed E-state index contributed by atoms with van der Waals surface area (Å²) in [5.74, 6) is 0.461. The Morgan fingerprint density at radius 2 is 2.00 bits per heavy atom. The van der Waals surface area contributed by atoms with Gasteiger partial charge in [-0.1, -0.05) is 12.1 Å². The van der Waals surface area contributed by atoms with Crippen LogP contribution in [0.15, 0.2) is 24.3 Å². The number of carbonyl (C=O) groups excluding carboxylic acids is 1. The number of benzene rings is 1. The van der Waals surface area contributed by atoms with Gasteiger partial charge in [-0.25, -0.2) is 0 Å². The first kappa shape index (κ1) is 14.5.